The van der Waals surface area contributed by atoms with E-state index in [1.807, 2.05) is 76.2 Å². The molecule has 3 heteroatoms. The Labute approximate surface area is 181 Å². The minimum atomic E-state index is -0.430. The van der Waals surface area contributed by atoms with Crippen molar-refractivity contribution >= 4 is 17.9 Å². The van der Waals surface area contributed by atoms with E-state index in [9.17, 15) is 4.79 Å². The Hall–Kier alpha value is -2.81. The largest absolute Gasteiger partial charge is 0.497 e. The van der Waals surface area contributed by atoms with Crippen LogP contribution < -0.4 is 9.47 Å². The lowest BCUT2D eigenvalue weighted by Crippen LogP contribution is -2.36. The van der Waals surface area contributed by atoms with Gasteiger partial charge in [-0.3, -0.25) is 4.79 Å². The van der Waals surface area contributed by atoms with E-state index in [1.165, 1.54) is 0 Å². The van der Waals surface area contributed by atoms with Gasteiger partial charge in [-0.25, -0.2) is 0 Å². The molecule has 160 valence electrons. The molecule has 0 aliphatic rings. The molecule has 0 saturated carbocycles. The molecule has 0 N–H and O–H groups in total. The van der Waals surface area contributed by atoms with Gasteiger partial charge < -0.3 is 9.47 Å². The molecule has 0 saturated heterocycles. The fourth-order valence-corrected chi connectivity index (χ4v) is 3.51. The summed E-state index contributed by atoms with van der Waals surface area (Å²) in [6.45, 7) is 8.12. The summed E-state index contributed by atoms with van der Waals surface area (Å²) in [5.41, 5.74) is 1.34. The van der Waals surface area contributed by atoms with Gasteiger partial charge >= 0.3 is 0 Å². The number of methoxy groups -OCH3 is 2. The summed E-state index contributed by atoms with van der Waals surface area (Å²) in [5, 5.41) is 0. The molecule has 0 aliphatic heterocycles. The Balaban J connectivity index is 1.96. The first kappa shape index (κ1) is 23.5. The van der Waals surface area contributed by atoms with Crippen molar-refractivity contribution in [2.24, 2.45) is 10.8 Å². The molecular weight excluding hydrogens is 372 g/mol. The standard InChI is InChI=1S/C27H34O3/c1-26(2,19-7-9-21-11-15-23(29-5)16-12-21)25(28)27(3,4)20-8-10-22-13-17-24(30-6)18-14-22/h7-18H,19-20H2,1-6H3. The molecule has 0 aliphatic carbocycles. The van der Waals surface area contributed by atoms with Crippen LogP contribution in [0.4, 0.5) is 0 Å². The van der Waals surface area contributed by atoms with Gasteiger partial charge in [0, 0.05) is 10.8 Å². The maximum absolute atomic E-state index is 13.2. The summed E-state index contributed by atoms with van der Waals surface area (Å²) < 4.78 is 10.4. The van der Waals surface area contributed by atoms with Gasteiger partial charge in [-0.2, -0.15) is 0 Å². The number of hydrogen-bond donors (Lipinski definition) is 0. The first-order valence-corrected chi connectivity index (χ1v) is 10.3. The number of allylic oxidation sites excluding steroid dienone is 2. The van der Waals surface area contributed by atoms with E-state index < -0.39 is 10.8 Å². The van der Waals surface area contributed by atoms with E-state index in [0.717, 1.165) is 22.6 Å². The number of Topliss-reactive ketones (excluding diaryl/α,β-unsaturated/α-hetero) is 1. The van der Waals surface area contributed by atoms with Crippen molar-refractivity contribution < 1.29 is 14.3 Å². The Morgan fingerprint density at radius 3 is 1.33 bits per heavy atom. The molecule has 0 fully saturated rings. The lowest BCUT2D eigenvalue weighted by molar-refractivity contribution is -0.135. The molecule has 0 spiro atoms. The lowest BCUT2D eigenvalue weighted by atomic mass is 9.70. The number of benzene rings is 2. The smallest absolute Gasteiger partial charge is 0.144 e. The lowest BCUT2D eigenvalue weighted by Gasteiger charge is -2.32. The van der Waals surface area contributed by atoms with Crippen molar-refractivity contribution in [3.05, 3.63) is 71.8 Å². The number of rotatable bonds is 10. The van der Waals surface area contributed by atoms with E-state index in [1.54, 1.807) is 14.2 Å². The molecular formula is C27H34O3. The van der Waals surface area contributed by atoms with Gasteiger partial charge in [0.25, 0.3) is 0 Å². The fourth-order valence-electron chi connectivity index (χ4n) is 3.51. The van der Waals surface area contributed by atoms with Gasteiger partial charge in [-0.05, 0) is 48.2 Å². The monoisotopic (exact) mass is 406 g/mol. The maximum atomic E-state index is 13.2. The first-order valence-electron chi connectivity index (χ1n) is 10.3. The molecule has 30 heavy (non-hydrogen) atoms. The molecule has 0 bridgehead atoms. The van der Waals surface area contributed by atoms with Crippen LogP contribution in [0.1, 0.15) is 51.7 Å². The minimum Gasteiger partial charge on any atom is -0.497 e. The van der Waals surface area contributed by atoms with Crippen molar-refractivity contribution in [3.63, 3.8) is 0 Å². The molecule has 3 nitrogen and oxygen atoms in total. The minimum absolute atomic E-state index is 0.272. The number of hydrogen-bond acceptors (Lipinski definition) is 3. The maximum Gasteiger partial charge on any atom is 0.144 e. The highest BCUT2D eigenvalue weighted by molar-refractivity contribution is 5.89. The van der Waals surface area contributed by atoms with E-state index in [-0.39, 0.29) is 5.78 Å². The van der Waals surface area contributed by atoms with Gasteiger partial charge in [-0.15, -0.1) is 0 Å². The Morgan fingerprint density at radius 2 is 1.03 bits per heavy atom. The molecule has 0 atom stereocenters. The zero-order valence-electron chi connectivity index (χ0n) is 19.1. The van der Waals surface area contributed by atoms with Crippen LogP contribution >= 0.6 is 0 Å². The van der Waals surface area contributed by atoms with E-state index in [0.29, 0.717) is 12.8 Å². The van der Waals surface area contributed by atoms with Crippen molar-refractivity contribution in [2.45, 2.75) is 40.5 Å². The van der Waals surface area contributed by atoms with Gasteiger partial charge in [-0.1, -0.05) is 76.3 Å². The Bertz CT molecular complexity index is 796. The quantitative estimate of drug-likeness (QED) is 0.434. The number of carbonyl (C=O) groups excluding carboxylic acids is 1. The van der Waals surface area contributed by atoms with Crippen LogP contribution in [-0.4, -0.2) is 20.0 Å². The summed E-state index contributed by atoms with van der Waals surface area (Å²) in [6.07, 6.45) is 9.69. The zero-order chi connectivity index (χ0) is 22.2. The summed E-state index contributed by atoms with van der Waals surface area (Å²) in [4.78, 5) is 13.2. The second-order valence-corrected chi connectivity index (χ2v) is 8.86. The SMILES string of the molecule is COc1ccc(C=CCC(C)(C)C(=O)C(C)(C)CC=Cc2ccc(OC)cc2)cc1. The highest BCUT2D eigenvalue weighted by Gasteiger charge is 2.37. The summed E-state index contributed by atoms with van der Waals surface area (Å²) in [5.74, 6) is 1.95. The summed E-state index contributed by atoms with van der Waals surface area (Å²) >= 11 is 0. The fraction of sp³-hybridized carbons (Fsp3) is 0.370. The molecule has 0 aromatic heterocycles. The van der Waals surface area contributed by atoms with Gasteiger partial charge in [0.2, 0.25) is 0 Å². The van der Waals surface area contributed by atoms with Gasteiger partial charge in [0.05, 0.1) is 14.2 Å². The first-order chi connectivity index (χ1) is 14.2. The van der Waals surface area contributed by atoms with Crippen LogP contribution in [-0.2, 0) is 4.79 Å². The highest BCUT2D eigenvalue weighted by atomic mass is 16.5. The molecule has 0 amide bonds. The van der Waals surface area contributed by atoms with Crippen LogP contribution in [0.25, 0.3) is 12.2 Å². The predicted octanol–water partition coefficient (Wildman–Crippen LogP) is 6.83. The number of ketones is 1. The topological polar surface area (TPSA) is 35.5 Å². The number of carbonyl (C=O) groups is 1. The second kappa shape index (κ2) is 10.3. The van der Waals surface area contributed by atoms with E-state index in [4.69, 9.17) is 9.47 Å². The van der Waals surface area contributed by atoms with Crippen molar-refractivity contribution in [1.29, 1.82) is 0 Å². The molecule has 0 unspecified atom stereocenters. The summed E-state index contributed by atoms with van der Waals surface area (Å²) in [6, 6.07) is 15.8. The second-order valence-electron chi connectivity index (χ2n) is 8.86. The van der Waals surface area contributed by atoms with Crippen molar-refractivity contribution in [3.8, 4) is 11.5 Å². The third kappa shape index (κ3) is 6.62. The Kier molecular flexibility index (Phi) is 8.05. The van der Waals surface area contributed by atoms with E-state index >= 15 is 0 Å². The number of ether oxygens (including phenoxy) is 2. The molecule has 0 heterocycles. The van der Waals surface area contributed by atoms with Crippen LogP contribution in [0.3, 0.4) is 0 Å². The van der Waals surface area contributed by atoms with Crippen LogP contribution in [0, 0.1) is 10.8 Å². The normalized spacial score (nSPS) is 12.5. The van der Waals surface area contributed by atoms with Crippen molar-refractivity contribution in [1.82, 2.24) is 0 Å². The van der Waals surface area contributed by atoms with E-state index in [2.05, 4.69) is 24.3 Å². The molecule has 2 rings (SSSR count). The average Bonchev–Trinajstić information content (AvgIpc) is 2.74. The summed E-state index contributed by atoms with van der Waals surface area (Å²) in [7, 11) is 3.32. The third-order valence-electron chi connectivity index (χ3n) is 5.34. The van der Waals surface area contributed by atoms with Gasteiger partial charge in [0.15, 0.2) is 0 Å². The molecule has 0 radical (unpaired) electrons. The predicted molar refractivity (Wildman–Crippen MR) is 126 cm³/mol. The molecule has 2 aromatic carbocycles. The Morgan fingerprint density at radius 1 is 0.700 bits per heavy atom. The zero-order valence-corrected chi connectivity index (χ0v) is 19.1. The van der Waals surface area contributed by atoms with Crippen LogP contribution in [0.5, 0.6) is 11.5 Å². The van der Waals surface area contributed by atoms with Gasteiger partial charge in [0.1, 0.15) is 17.3 Å². The molecule has 2 aromatic rings. The van der Waals surface area contributed by atoms with Crippen LogP contribution in [0.15, 0.2) is 60.7 Å². The highest BCUT2D eigenvalue weighted by Crippen LogP contribution is 2.35. The van der Waals surface area contributed by atoms with Crippen molar-refractivity contribution in [2.75, 3.05) is 14.2 Å². The third-order valence-corrected chi connectivity index (χ3v) is 5.34. The van der Waals surface area contributed by atoms with Crippen LogP contribution in [0.2, 0.25) is 0 Å². The average molecular weight is 407 g/mol.